The molecule has 10 heteroatoms. The maximum Gasteiger partial charge on any atom is 0.491 e. The zero-order valence-electron chi connectivity index (χ0n) is 28.3. The number of nitrogens with one attached hydrogen (secondary N) is 1. The maximum atomic E-state index is 13.5. The summed E-state index contributed by atoms with van der Waals surface area (Å²) in [6.07, 6.45) is 2.94. The molecular formula is C41H42F3N3O4. The summed E-state index contributed by atoms with van der Waals surface area (Å²) in [7, 11) is 0. The van der Waals surface area contributed by atoms with Gasteiger partial charge in [0.15, 0.2) is 0 Å². The second-order valence-corrected chi connectivity index (χ2v) is 12.9. The third-order valence-electron chi connectivity index (χ3n) is 9.17. The Hall–Kier alpha value is -5.22. The molecule has 0 saturated heterocycles. The molecule has 0 bridgehead atoms. The quantitative estimate of drug-likeness (QED) is 0.0852. The second kappa shape index (κ2) is 17.6. The Morgan fingerprint density at radius 2 is 1.47 bits per heavy atom. The van der Waals surface area contributed by atoms with Crippen molar-refractivity contribution in [1.29, 1.82) is 0 Å². The average molecular weight is 698 g/mol. The van der Waals surface area contributed by atoms with Gasteiger partial charge in [-0.15, -0.1) is 0 Å². The number of alkyl halides is 3. The van der Waals surface area contributed by atoms with Gasteiger partial charge in [-0.2, -0.15) is 13.2 Å². The maximum absolute atomic E-state index is 13.5. The molecule has 0 unspecified atom stereocenters. The van der Waals surface area contributed by atoms with Crippen molar-refractivity contribution < 1.29 is 32.3 Å². The second-order valence-electron chi connectivity index (χ2n) is 12.9. The van der Waals surface area contributed by atoms with E-state index in [-0.39, 0.29) is 17.6 Å². The third kappa shape index (κ3) is 11.1. The summed E-state index contributed by atoms with van der Waals surface area (Å²) in [5, 5.41) is 3.11. The Bertz CT molecular complexity index is 1800. The van der Waals surface area contributed by atoms with Crippen LogP contribution in [0.4, 0.5) is 13.2 Å². The highest BCUT2D eigenvalue weighted by Crippen LogP contribution is 2.28. The van der Waals surface area contributed by atoms with Gasteiger partial charge in [-0.25, -0.2) is 4.79 Å². The molecule has 1 aliphatic rings. The van der Waals surface area contributed by atoms with Crippen LogP contribution >= 0.6 is 0 Å². The average Bonchev–Trinajstić information content (AvgIpc) is 3.15. The monoisotopic (exact) mass is 697 g/mol. The van der Waals surface area contributed by atoms with E-state index in [9.17, 15) is 27.6 Å². The van der Waals surface area contributed by atoms with E-state index in [1.165, 1.54) is 18.2 Å². The summed E-state index contributed by atoms with van der Waals surface area (Å²) in [6.45, 7) is 1.97. The zero-order valence-corrected chi connectivity index (χ0v) is 28.3. The van der Waals surface area contributed by atoms with Crippen molar-refractivity contribution in [3.8, 4) is 16.9 Å². The lowest BCUT2D eigenvalue weighted by atomic mass is 9.82. The normalized spacial score (nSPS) is 16.1. The minimum absolute atomic E-state index is 0.109. The molecule has 3 N–H and O–H groups in total. The summed E-state index contributed by atoms with van der Waals surface area (Å²) in [5.74, 6) is -1.77. The van der Waals surface area contributed by atoms with E-state index in [1.54, 1.807) is 29.2 Å². The van der Waals surface area contributed by atoms with Gasteiger partial charge in [0, 0.05) is 31.3 Å². The van der Waals surface area contributed by atoms with Gasteiger partial charge in [0.1, 0.15) is 5.75 Å². The molecule has 1 fully saturated rings. The topological polar surface area (TPSA) is 102 Å². The number of benzene rings is 4. The number of nitrogens with two attached hydrogens (primary N) is 1. The van der Waals surface area contributed by atoms with Gasteiger partial charge in [0.25, 0.3) is 5.91 Å². The van der Waals surface area contributed by atoms with E-state index in [0.717, 1.165) is 60.0 Å². The molecule has 0 aromatic heterocycles. The Labute approximate surface area is 296 Å². The molecule has 5 rings (SSSR count). The van der Waals surface area contributed by atoms with Crippen molar-refractivity contribution in [3.63, 3.8) is 0 Å². The van der Waals surface area contributed by atoms with Gasteiger partial charge in [0.2, 0.25) is 5.91 Å². The van der Waals surface area contributed by atoms with E-state index in [4.69, 9.17) is 5.73 Å². The minimum Gasteiger partial charge on any atom is -0.420 e. The molecule has 4 aromatic rings. The number of amides is 2. The predicted octanol–water partition coefficient (Wildman–Crippen LogP) is 7.60. The number of esters is 1. The van der Waals surface area contributed by atoms with Crippen LogP contribution in [0.25, 0.3) is 17.2 Å². The number of hydrogen-bond acceptors (Lipinski definition) is 5. The summed E-state index contributed by atoms with van der Waals surface area (Å²) < 4.78 is 42.2. The lowest BCUT2D eigenvalue weighted by Crippen LogP contribution is -2.32. The summed E-state index contributed by atoms with van der Waals surface area (Å²) in [4.78, 5) is 39.5. The zero-order chi connectivity index (χ0) is 36.2. The van der Waals surface area contributed by atoms with Crippen LogP contribution in [0.3, 0.4) is 0 Å². The minimum atomic E-state index is -5.09. The van der Waals surface area contributed by atoms with Crippen molar-refractivity contribution >= 4 is 23.9 Å². The smallest absolute Gasteiger partial charge is 0.420 e. The molecule has 2 amide bonds. The molecule has 0 aliphatic heterocycles. The number of rotatable bonds is 13. The van der Waals surface area contributed by atoms with Crippen molar-refractivity contribution in [2.24, 2.45) is 17.6 Å². The number of halogens is 3. The highest BCUT2D eigenvalue weighted by molar-refractivity contribution is 5.95. The Balaban J connectivity index is 1.26. The molecule has 0 atom stereocenters. The molecule has 266 valence electrons. The van der Waals surface area contributed by atoms with E-state index in [0.29, 0.717) is 43.5 Å². The van der Waals surface area contributed by atoms with Gasteiger partial charge in [-0.05, 0) is 115 Å². The molecule has 4 aromatic carbocycles. The first kappa shape index (κ1) is 37.0. The molecule has 7 nitrogen and oxygen atoms in total. The van der Waals surface area contributed by atoms with Crippen LogP contribution < -0.4 is 15.8 Å². The molecular weight excluding hydrogens is 655 g/mol. The fourth-order valence-electron chi connectivity index (χ4n) is 6.18. The predicted molar refractivity (Wildman–Crippen MR) is 191 cm³/mol. The first-order valence-electron chi connectivity index (χ1n) is 17.1. The first-order valence-corrected chi connectivity index (χ1v) is 17.1. The number of ether oxygens (including phenoxy) is 1. The van der Waals surface area contributed by atoms with Gasteiger partial charge in [-0.1, -0.05) is 72.8 Å². The van der Waals surface area contributed by atoms with Crippen LogP contribution in [0.5, 0.6) is 5.75 Å². The molecule has 1 saturated carbocycles. The Morgan fingerprint density at radius 1 is 0.804 bits per heavy atom. The molecule has 1 aliphatic carbocycles. The lowest BCUT2D eigenvalue weighted by Gasteiger charge is -2.27. The van der Waals surface area contributed by atoms with Crippen molar-refractivity contribution in [1.82, 2.24) is 10.2 Å². The number of nitrogens with zero attached hydrogens (tertiary/aromatic N) is 1. The fraction of sp³-hybridized carbons (Fsp3) is 0.293. The molecule has 0 radical (unpaired) electrons. The third-order valence-corrected chi connectivity index (χ3v) is 9.17. The van der Waals surface area contributed by atoms with Crippen molar-refractivity contribution in [2.45, 2.75) is 44.8 Å². The molecule has 0 spiro atoms. The molecule has 51 heavy (non-hydrogen) atoms. The van der Waals surface area contributed by atoms with E-state index in [1.807, 2.05) is 72.8 Å². The van der Waals surface area contributed by atoms with Crippen LogP contribution in [0.2, 0.25) is 0 Å². The summed E-state index contributed by atoms with van der Waals surface area (Å²) >= 11 is 0. The highest BCUT2D eigenvalue weighted by atomic mass is 19.4. The van der Waals surface area contributed by atoms with Crippen LogP contribution in [0, 0.1) is 11.8 Å². The summed E-state index contributed by atoms with van der Waals surface area (Å²) in [6, 6.07) is 30.5. The van der Waals surface area contributed by atoms with E-state index >= 15 is 0 Å². The number of carbonyl (C=O) groups is 3. The first-order chi connectivity index (χ1) is 24.6. The Kier molecular flexibility index (Phi) is 12.8. The van der Waals surface area contributed by atoms with Crippen LogP contribution in [0.1, 0.15) is 52.7 Å². The summed E-state index contributed by atoms with van der Waals surface area (Å²) in [5.41, 5.74) is 10.7. The van der Waals surface area contributed by atoms with Crippen molar-refractivity contribution in [3.05, 3.63) is 131 Å². The number of hydrogen-bond donors (Lipinski definition) is 2. The lowest BCUT2D eigenvalue weighted by molar-refractivity contribution is -0.189. The standard InChI is InChI=1S/C41H42F3N3O4/c42-41(43,44)40(50)51-37-19-16-30(17-20-37)22-23-47(38(48)21-18-29-6-2-1-3-7-29)28-33-8-4-9-34(24-33)35-10-5-11-36(25-35)39(49)46-27-32-14-12-31(26-45)13-15-32/h1-11,16-21,24-25,31-32H,12-15,22-23,26-28,45H2,(H,46,49). The highest BCUT2D eigenvalue weighted by Gasteiger charge is 2.41. The van der Waals surface area contributed by atoms with E-state index in [2.05, 4.69) is 10.1 Å². The van der Waals surface area contributed by atoms with Gasteiger partial charge in [-0.3, -0.25) is 9.59 Å². The fourth-order valence-corrected chi connectivity index (χ4v) is 6.18. The van der Waals surface area contributed by atoms with Crippen molar-refractivity contribution in [2.75, 3.05) is 19.6 Å². The largest absolute Gasteiger partial charge is 0.491 e. The SMILES string of the molecule is NCC1CCC(CNC(=O)c2cccc(-c3cccc(CN(CCc4ccc(OC(=O)C(F)(F)F)cc4)C(=O)C=Cc4ccccc4)c3)c2)CC1. The van der Waals surface area contributed by atoms with Crippen LogP contribution in [-0.2, 0) is 22.6 Å². The van der Waals surface area contributed by atoms with Gasteiger partial charge < -0.3 is 20.7 Å². The van der Waals surface area contributed by atoms with Gasteiger partial charge in [0.05, 0.1) is 0 Å². The van der Waals surface area contributed by atoms with Gasteiger partial charge >= 0.3 is 12.1 Å². The van der Waals surface area contributed by atoms with Crippen LogP contribution in [0.15, 0.2) is 109 Å². The molecule has 0 heterocycles. The van der Waals surface area contributed by atoms with E-state index < -0.39 is 12.1 Å². The Morgan fingerprint density at radius 3 is 2.16 bits per heavy atom. The number of carbonyl (C=O) groups excluding carboxylic acids is 3. The van der Waals surface area contributed by atoms with Crippen LogP contribution in [-0.4, -0.2) is 48.5 Å².